The Morgan fingerprint density at radius 1 is 0.267 bits per heavy atom. The molecule has 19 heteroatoms. The van der Waals surface area contributed by atoms with Crippen molar-refractivity contribution in [1.82, 2.24) is 0 Å². The summed E-state index contributed by atoms with van der Waals surface area (Å²) in [6, 6.07) is 0. The second-order valence-corrected chi connectivity index (χ2v) is 33.8. The summed E-state index contributed by atoms with van der Waals surface area (Å²) in [5.41, 5.74) is 0. The molecule has 0 aliphatic carbocycles. The first-order valence-corrected chi connectivity index (χ1v) is 45.3. The van der Waals surface area contributed by atoms with Gasteiger partial charge in [-0.1, -0.05) is 376 Å². The SMILES string of the molecule is CCCCCCCCCCCCCCCCCCC(=O)O[C@H](COC(=O)CCCCCCCCCCC(C)C)COP(=O)(O)OC[C@H](O)COP(=O)(O)OC[C@@H](COC(=O)CCCCCCCCCCCCCCCCC(C)C)OC(=O)CCCCCCCCCCCCCCCCC(C)C. The molecule has 3 N–H and O–H groups in total. The van der Waals surface area contributed by atoms with Crippen LogP contribution in [0.15, 0.2) is 0 Å². The molecular formula is C82H160O17P2. The van der Waals surface area contributed by atoms with Gasteiger partial charge in [-0.15, -0.1) is 0 Å². The fourth-order valence-corrected chi connectivity index (χ4v) is 14.2. The van der Waals surface area contributed by atoms with E-state index in [2.05, 4.69) is 48.5 Å². The molecule has 5 atom stereocenters. The molecule has 0 aromatic rings. The van der Waals surface area contributed by atoms with Crippen LogP contribution in [0.5, 0.6) is 0 Å². The number of hydrogen-bond donors (Lipinski definition) is 3. The highest BCUT2D eigenvalue weighted by Gasteiger charge is 2.30. The molecule has 0 saturated carbocycles. The zero-order valence-electron chi connectivity index (χ0n) is 66.4. The Balaban J connectivity index is 5.26. The third-order valence-corrected chi connectivity index (χ3v) is 21.0. The van der Waals surface area contributed by atoms with E-state index in [1.165, 1.54) is 238 Å². The standard InChI is InChI=1S/C82H160O17P2/c1-8-9-10-11-12-13-14-15-16-17-25-30-35-44-51-58-65-82(87)99-78(70-93-80(85)64-57-50-43-38-37-41-48-55-62-75(6)7)72-97-101(90,91)95-68-76(83)67-94-100(88,89)96-71-77(98-81(86)66-59-52-45-36-31-26-21-19-23-28-33-40-47-54-61-74(4)5)69-92-79(84)63-56-49-42-34-29-24-20-18-22-27-32-39-46-53-60-73(2)3/h73-78,83H,8-72H2,1-7H3,(H,88,89)(H,90,91)/t76-,77-,78-/m1/s1. The smallest absolute Gasteiger partial charge is 0.462 e. The Labute approximate surface area is 619 Å². The maximum Gasteiger partial charge on any atom is 0.472 e. The largest absolute Gasteiger partial charge is 0.472 e. The monoisotopic (exact) mass is 1480 g/mol. The molecule has 101 heavy (non-hydrogen) atoms. The third kappa shape index (κ3) is 76.1. The molecule has 17 nitrogen and oxygen atoms in total. The molecule has 0 aliphatic rings. The minimum atomic E-state index is -4.96. The maximum atomic E-state index is 13.1. The third-order valence-electron chi connectivity index (χ3n) is 19.1. The van der Waals surface area contributed by atoms with Crippen molar-refractivity contribution in [1.29, 1.82) is 0 Å². The van der Waals surface area contributed by atoms with Gasteiger partial charge >= 0.3 is 39.5 Å². The lowest BCUT2D eigenvalue weighted by atomic mass is 10.0. The van der Waals surface area contributed by atoms with Crippen LogP contribution < -0.4 is 0 Å². The van der Waals surface area contributed by atoms with Crippen LogP contribution in [-0.4, -0.2) is 96.7 Å². The molecule has 0 aromatic carbocycles. The Morgan fingerprint density at radius 2 is 0.455 bits per heavy atom. The molecule has 0 bridgehead atoms. The van der Waals surface area contributed by atoms with Crippen molar-refractivity contribution < 1.29 is 80.2 Å². The van der Waals surface area contributed by atoms with Crippen LogP contribution in [0.1, 0.15) is 427 Å². The second-order valence-electron chi connectivity index (χ2n) is 30.9. The van der Waals surface area contributed by atoms with Crippen molar-refractivity contribution in [3.8, 4) is 0 Å². The average Bonchev–Trinajstić information content (AvgIpc) is 0.920. The quantitative estimate of drug-likeness (QED) is 0.0222. The number of phosphoric ester groups is 2. The molecule has 0 spiro atoms. The summed E-state index contributed by atoms with van der Waals surface area (Å²) in [7, 11) is -9.92. The van der Waals surface area contributed by atoms with Gasteiger partial charge in [-0.05, 0) is 43.4 Å². The van der Waals surface area contributed by atoms with E-state index in [0.717, 1.165) is 108 Å². The molecular weight excluding hydrogens is 1320 g/mol. The Hall–Kier alpha value is -1.94. The van der Waals surface area contributed by atoms with Crippen molar-refractivity contribution >= 4 is 39.5 Å². The number of rotatable bonds is 80. The molecule has 0 aromatic heterocycles. The summed E-state index contributed by atoms with van der Waals surface area (Å²) < 4.78 is 68.8. The van der Waals surface area contributed by atoms with Gasteiger partial charge in [-0.2, -0.15) is 0 Å². The number of carbonyl (C=O) groups is 4. The van der Waals surface area contributed by atoms with E-state index in [1.54, 1.807) is 0 Å². The van der Waals surface area contributed by atoms with E-state index < -0.39 is 97.5 Å². The Kier molecular flexibility index (Phi) is 70.9. The second kappa shape index (κ2) is 72.3. The van der Waals surface area contributed by atoms with E-state index in [-0.39, 0.29) is 25.7 Å². The summed E-state index contributed by atoms with van der Waals surface area (Å²) in [6.45, 7) is 12.0. The number of unbranched alkanes of at least 4 members (excludes halogenated alkanes) is 48. The predicted molar refractivity (Wildman–Crippen MR) is 414 cm³/mol. The van der Waals surface area contributed by atoms with Crippen LogP contribution in [0.3, 0.4) is 0 Å². The molecule has 600 valence electrons. The van der Waals surface area contributed by atoms with Crippen LogP contribution in [-0.2, 0) is 65.4 Å². The van der Waals surface area contributed by atoms with Gasteiger partial charge in [-0.3, -0.25) is 37.3 Å². The van der Waals surface area contributed by atoms with Gasteiger partial charge in [0, 0.05) is 25.7 Å². The number of aliphatic hydroxyl groups is 1. The number of hydrogen-bond acceptors (Lipinski definition) is 15. The average molecular weight is 1480 g/mol. The normalized spacial score (nSPS) is 14.0. The van der Waals surface area contributed by atoms with Gasteiger partial charge in [0.2, 0.25) is 0 Å². The van der Waals surface area contributed by atoms with Crippen molar-refractivity contribution in [3.63, 3.8) is 0 Å². The lowest BCUT2D eigenvalue weighted by Crippen LogP contribution is -2.30. The van der Waals surface area contributed by atoms with E-state index in [4.69, 9.17) is 37.0 Å². The summed E-state index contributed by atoms with van der Waals surface area (Å²) in [5.74, 6) is 0.212. The van der Waals surface area contributed by atoms with Gasteiger partial charge in [0.15, 0.2) is 12.2 Å². The molecule has 0 fully saturated rings. The summed E-state index contributed by atoms with van der Waals surface area (Å²) in [6.07, 6.45) is 61.0. The van der Waals surface area contributed by atoms with Gasteiger partial charge in [-0.25, -0.2) is 9.13 Å². The minimum Gasteiger partial charge on any atom is -0.462 e. The first-order chi connectivity index (χ1) is 48.7. The maximum absolute atomic E-state index is 13.1. The van der Waals surface area contributed by atoms with Crippen LogP contribution in [0.2, 0.25) is 0 Å². The zero-order valence-corrected chi connectivity index (χ0v) is 68.2. The van der Waals surface area contributed by atoms with Crippen LogP contribution >= 0.6 is 15.6 Å². The first kappa shape index (κ1) is 99.1. The van der Waals surface area contributed by atoms with E-state index in [0.29, 0.717) is 25.7 Å². The van der Waals surface area contributed by atoms with Gasteiger partial charge in [0.05, 0.1) is 26.4 Å². The molecule has 0 saturated heterocycles. The van der Waals surface area contributed by atoms with Crippen LogP contribution in [0.4, 0.5) is 0 Å². The Morgan fingerprint density at radius 3 is 0.673 bits per heavy atom. The van der Waals surface area contributed by atoms with E-state index in [9.17, 15) is 43.2 Å². The fraction of sp³-hybridized carbons (Fsp3) is 0.951. The fourth-order valence-electron chi connectivity index (χ4n) is 12.7. The number of esters is 4. The molecule has 2 unspecified atom stereocenters. The van der Waals surface area contributed by atoms with Crippen LogP contribution in [0.25, 0.3) is 0 Å². The highest BCUT2D eigenvalue weighted by molar-refractivity contribution is 7.47. The van der Waals surface area contributed by atoms with Crippen molar-refractivity contribution in [2.45, 2.75) is 446 Å². The highest BCUT2D eigenvalue weighted by Crippen LogP contribution is 2.45. The molecule has 0 heterocycles. The minimum absolute atomic E-state index is 0.108. The van der Waals surface area contributed by atoms with Crippen molar-refractivity contribution in [3.05, 3.63) is 0 Å². The molecule has 0 aliphatic heterocycles. The summed E-state index contributed by atoms with van der Waals surface area (Å²) >= 11 is 0. The number of aliphatic hydroxyl groups excluding tert-OH is 1. The number of carbonyl (C=O) groups excluding carboxylic acids is 4. The number of phosphoric acid groups is 2. The van der Waals surface area contributed by atoms with E-state index >= 15 is 0 Å². The topological polar surface area (TPSA) is 237 Å². The predicted octanol–water partition coefficient (Wildman–Crippen LogP) is 24.5. The van der Waals surface area contributed by atoms with Gasteiger partial charge < -0.3 is 33.8 Å². The van der Waals surface area contributed by atoms with Gasteiger partial charge in [0.1, 0.15) is 19.3 Å². The van der Waals surface area contributed by atoms with Crippen LogP contribution in [0, 0.1) is 17.8 Å². The Bertz CT molecular complexity index is 1960. The highest BCUT2D eigenvalue weighted by atomic mass is 31.2. The van der Waals surface area contributed by atoms with Crippen molar-refractivity contribution in [2.75, 3.05) is 39.6 Å². The van der Waals surface area contributed by atoms with E-state index in [1.807, 2.05) is 0 Å². The zero-order chi connectivity index (χ0) is 74.4. The lowest BCUT2D eigenvalue weighted by Gasteiger charge is -2.21. The molecule has 0 amide bonds. The van der Waals surface area contributed by atoms with Gasteiger partial charge in [0.25, 0.3) is 0 Å². The number of ether oxygens (including phenoxy) is 4. The first-order valence-electron chi connectivity index (χ1n) is 42.3. The molecule has 0 radical (unpaired) electrons. The summed E-state index contributed by atoms with van der Waals surface area (Å²) in [4.78, 5) is 73.1. The lowest BCUT2D eigenvalue weighted by molar-refractivity contribution is -0.161. The summed E-state index contributed by atoms with van der Waals surface area (Å²) in [5, 5.41) is 10.7. The molecule has 0 rings (SSSR count). The van der Waals surface area contributed by atoms with Crippen molar-refractivity contribution in [2.24, 2.45) is 17.8 Å².